The van der Waals surface area contributed by atoms with Crippen molar-refractivity contribution in [3.63, 3.8) is 0 Å². The second kappa shape index (κ2) is 4.40. The average molecular weight is 327 g/mol. The minimum atomic E-state index is -0.659. The molecule has 0 radical (unpaired) electrons. The SMILES string of the molecule is O=C1[C@@H]2[C@H]3C=C[C@@H]([C@@H]4C[C@@H]34)[C@@H]2C(=O)N1N=Cc1ccc([N+](=O)[O-])o1. The summed E-state index contributed by atoms with van der Waals surface area (Å²) in [6.07, 6.45) is 6.47. The van der Waals surface area contributed by atoms with Gasteiger partial charge in [0.15, 0.2) is 5.76 Å². The monoisotopic (exact) mass is 327 g/mol. The third-order valence-electron chi connectivity index (χ3n) is 5.73. The molecule has 1 aromatic heterocycles. The van der Waals surface area contributed by atoms with Crippen LogP contribution in [0.25, 0.3) is 0 Å². The highest BCUT2D eigenvalue weighted by molar-refractivity contribution is 6.06. The number of hydrogen-bond donors (Lipinski definition) is 0. The van der Waals surface area contributed by atoms with E-state index >= 15 is 0 Å². The van der Waals surface area contributed by atoms with E-state index < -0.39 is 10.8 Å². The van der Waals surface area contributed by atoms with Crippen LogP contribution in [-0.2, 0) is 9.59 Å². The van der Waals surface area contributed by atoms with E-state index in [1.807, 2.05) is 0 Å². The fraction of sp³-hybridized carbons (Fsp3) is 0.438. The van der Waals surface area contributed by atoms with E-state index in [1.54, 1.807) is 0 Å². The highest BCUT2D eigenvalue weighted by Gasteiger charge is 2.67. The molecule has 0 aromatic carbocycles. The van der Waals surface area contributed by atoms with Gasteiger partial charge in [-0.15, -0.1) is 0 Å². The summed E-state index contributed by atoms with van der Waals surface area (Å²) in [6, 6.07) is 2.58. The van der Waals surface area contributed by atoms with E-state index in [2.05, 4.69) is 17.3 Å². The molecule has 122 valence electrons. The molecule has 8 heteroatoms. The fourth-order valence-electron chi connectivity index (χ4n) is 4.68. The molecule has 4 aliphatic carbocycles. The van der Waals surface area contributed by atoms with Crippen LogP contribution in [0.4, 0.5) is 5.88 Å². The molecule has 2 bridgehead atoms. The molecule has 5 aliphatic rings. The number of hydrogen-bond acceptors (Lipinski definition) is 6. The maximum Gasteiger partial charge on any atom is 0.433 e. The first kappa shape index (κ1) is 13.6. The summed E-state index contributed by atoms with van der Waals surface area (Å²) in [7, 11) is 0. The lowest BCUT2D eigenvalue weighted by Gasteiger charge is -2.37. The Morgan fingerprint density at radius 1 is 1.17 bits per heavy atom. The summed E-state index contributed by atoms with van der Waals surface area (Å²) in [6.45, 7) is 0. The number of furan rings is 1. The molecule has 0 N–H and O–H groups in total. The van der Waals surface area contributed by atoms with Crippen molar-refractivity contribution >= 4 is 23.9 Å². The molecule has 3 fully saturated rings. The van der Waals surface area contributed by atoms with Crippen LogP contribution in [0.3, 0.4) is 0 Å². The molecule has 2 amide bonds. The first-order valence-electron chi connectivity index (χ1n) is 7.90. The van der Waals surface area contributed by atoms with Gasteiger partial charge < -0.3 is 4.42 Å². The van der Waals surface area contributed by atoms with Gasteiger partial charge in [-0.05, 0) is 36.2 Å². The van der Waals surface area contributed by atoms with Gasteiger partial charge in [0.2, 0.25) is 0 Å². The first-order chi connectivity index (χ1) is 11.6. The third-order valence-corrected chi connectivity index (χ3v) is 5.73. The van der Waals surface area contributed by atoms with Gasteiger partial charge in [-0.1, -0.05) is 12.2 Å². The zero-order chi connectivity index (χ0) is 16.6. The van der Waals surface area contributed by atoms with E-state index in [0.29, 0.717) is 11.8 Å². The standard InChI is InChI=1S/C16H13N3O5/c20-15-13-8-2-3-9(11-5-10(8)11)14(13)16(21)18(15)17-6-7-1-4-12(24-7)19(22)23/h1-4,6,8-11,13-14H,5H2/t8-,9-,10-,11-,13-,14+/m0/s1. The maximum absolute atomic E-state index is 12.7. The summed E-state index contributed by atoms with van der Waals surface area (Å²) in [5, 5.41) is 15.5. The lowest BCUT2D eigenvalue weighted by atomic mass is 9.63. The van der Waals surface area contributed by atoms with Gasteiger partial charge in [0.05, 0.1) is 24.1 Å². The normalized spacial score (nSPS) is 38.8. The smallest absolute Gasteiger partial charge is 0.400 e. The summed E-state index contributed by atoms with van der Waals surface area (Å²) in [5.74, 6) is -0.0765. The van der Waals surface area contributed by atoms with Crippen molar-refractivity contribution in [1.29, 1.82) is 0 Å². The topological polar surface area (TPSA) is 106 Å². The molecule has 2 saturated carbocycles. The van der Waals surface area contributed by atoms with Gasteiger partial charge in [-0.2, -0.15) is 10.1 Å². The summed E-state index contributed by atoms with van der Waals surface area (Å²) >= 11 is 0. The number of imide groups is 1. The Kier molecular flexibility index (Phi) is 2.50. The molecular weight excluding hydrogens is 314 g/mol. The minimum absolute atomic E-state index is 0.126. The highest BCUT2D eigenvalue weighted by Crippen LogP contribution is 2.65. The largest absolute Gasteiger partial charge is 0.433 e. The van der Waals surface area contributed by atoms with Crippen molar-refractivity contribution in [1.82, 2.24) is 5.01 Å². The number of nitrogens with zero attached hydrogens (tertiary/aromatic N) is 3. The Morgan fingerprint density at radius 2 is 1.79 bits per heavy atom. The predicted octanol–water partition coefficient (Wildman–Crippen LogP) is 1.57. The van der Waals surface area contributed by atoms with Crippen LogP contribution in [0.1, 0.15) is 12.2 Å². The Morgan fingerprint density at radius 3 is 2.33 bits per heavy atom. The van der Waals surface area contributed by atoms with Crippen LogP contribution >= 0.6 is 0 Å². The number of hydrazone groups is 1. The number of rotatable bonds is 3. The average Bonchev–Trinajstić information content (AvgIpc) is 3.20. The number of amides is 2. The number of carbonyl (C=O) groups is 2. The van der Waals surface area contributed by atoms with Gasteiger partial charge in [0.25, 0.3) is 11.8 Å². The number of carbonyl (C=O) groups excluding carboxylic acids is 2. The minimum Gasteiger partial charge on any atom is -0.400 e. The van der Waals surface area contributed by atoms with E-state index in [4.69, 9.17) is 4.42 Å². The fourth-order valence-corrected chi connectivity index (χ4v) is 4.68. The molecule has 6 rings (SSSR count). The summed E-state index contributed by atoms with van der Waals surface area (Å²) < 4.78 is 4.96. The van der Waals surface area contributed by atoms with Crippen molar-refractivity contribution in [3.8, 4) is 0 Å². The van der Waals surface area contributed by atoms with Crippen LogP contribution in [-0.4, -0.2) is 28.0 Å². The second-order valence-electron chi connectivity index (χ2n) is 6.82. The van der Waals surface area contributed by atoms with Crippen molar-refractivity contribution in [2.75, 3.05) is 0 Å². The Hall–Kier alpha value is -2.77. The van der Waals surface area contributed by atoms with Crippen molar-refractivity contribution in [2.45, 2.75) is 6.42 Å². The molecule has 1 saturated heterocycles. The summed E-state index contributed by atoms with van der Waals surface area (Å²) in [5.41, 5.74) is 0. The zero-order valence-corrected chi connectivity index (χ0v) is 12.4. The predicted molar refractivity (Wildman–Crippen MR) is 79.5 cm³/mol. The molecule has 2 heterocycles. The van der Waals surface area contributed by atoms with E-state index in [1.165, 1.54) is 18.3 Å². The van der Waals surface area contributed by atoms with Gasteiger partial charge >= 0.3 is 5.88 Å². The highest BCUT2D eigenvalue weighted by atomic mass is 16.6. The van der Waals surface area contributed by atoms with E-state index in [-0.39, 0.29) is 41.2 Å². The van der Waals surface area contributed by atoms with Crippen LogP contribution in [0, 0.1) is 45.6 Å². The van der Waals surface area contributed by atoms with Gasteiger partial charge in [0, 0.05) is 0 Å². The second-order valence-corrected chi connectivity index (χ2v) is 6.82. The molecule has 6 atom stereocenters. The number of nitro groups is 1. The molecule has 24 heavy (non-hydrogen) atoms. The Balaban J connectivity index is 1.42. The Labute approximate surface area is 135 Å². The van der Waals surface area contributed by atoms with Gasteiger partial charge in [-0.3, -0.25) is 19.7 Å². The van der Waals surface area contributed by atoms with Crippen LogP contribution in [0.15, 0.2) is 33.8 Å². The maximum atomic E-state index is 12.7. The van der Waals surface area contributed by atoms with Crippen molar-refractivity contribution < 1.29 is 18.9 Å². The van der Waals surface area contributed by atoms with Crippen LogP contribution < -0.4 is 0 Å². The zero-order valence-electron chi connectivity index (χ0n) is 12.4. The third kappa shape index (κ3) is 1.65. The molecule has 8 nitrogen and oxygen atoms in total. The van der Waals surface area contributed by atoms with Crippen LogP contribution in [0.2, 0.25) is 0 Å². The van der Waals surface area contributed by atoms with Crippen molar-refractivity contribution in [2.24, 2.45) is 40.6 Å². The van der Waals surface area contributed by atoms with Gasteiger partial charge in [0.1, 0.15) is 4.92 Å². The molecule has 0 unspecified atom stereocenters. The molecule has 1 aromatic rings. The molecular formula is C16H13N3O5. The number of allylic oxidation sites excluding steroid dienone is 2. The summed E-state index contributed by atoms with van der Waals surface area (Å²) in [4.78, 5) is 35.3. The van der Waals surface area contributed by atoms with Gasteiger partial charge in [-0.25, -0.2) is 0 Å². The van der Waals surface area contributed by atoms with E-state index in [9.17, 15) is 19.7 Å². The lowest BCUT2D eigenvalue weighted by Crippen LogP contribution is -2.40. The van der Waals surface area contributed by atoms with Crippen molar-refractivity contribution in [3.05, 3.63) is 40.2 Å². The van der Waals surface area contributed by atoms with Crippen LogP contribution in [0.5, 0.6) is 0 Å². The quantitative estimate of drug-likeness (QED) is 0.275. The molecule has 0 spiro atoms. The molecule has 1 aliphatic heterocycles. The van der Waals surface area contributed by atoms with E-state index in [0.717, 1.165) is 11.4 Å². The first-order valence-corrected chi connectivity index (χ1v) is 7.90. The lowest BCUT2D eigenvalue weighted by molar-refractivity contribution is -0.402. The Bertz CT molecular complexity index is 805.